The number of likely N-dealkylation sites (tertiary alicyclic amines) is 1. The molecule has 2 nitrogen and oxygen atoms in total. The first-order chi connectivity index (χ1) is 5.15. The maximum atomic E-state index is 11.2. The number of hydrogen-bond donors (Lipinski definition) is 0. The van der Waals surface area contributed by atoms with E-state index < -0.39 is 0 Å². The first-order valence-corrected chi connectivity index (χ1v) is 5.12. The van der Waals surface area contributed by atoms with Crippen LogP contribution in [0.5, 0.6) is 0 Å². The van der Waals surface area contributed by atoms with Crippen molar-refractivity contribution in [2.45, 2.75) is 26.3 Å². The van der Waals surface area contributed by atoms with Crippen LogP contribution in [0.4, 0.5) is 0 Å². The molecule has 1 aliphatic heterocycles. The van der Waals surface area contributed by atoms with Crippen LogP contribution >= 0.6 is 15.9 Å². The standard InChI is InChI=1S/C8H14BrNO/c1-6-3-7(2)10(5-6)8(11)4-9/h6-7H,3-5H2,1-2H3. The van der Waals surface area contributed by atoms with Gasteiger partial charge in [-0.05, 0) is 19.3 Å². The number of rotatable bonds is 1. The molecule has 0 aromatic carbocycles. The van der Waals surface area contributed by atoms with E-state index in [2.05, 4.69) is 29.8 Å². The molecular weight excluding hydrogens is 206 g/mol. The van der Waals surface area contributed by atoms with Crippen LogP contribution in [0.15, 0.2) is 0 Å². The van der Waals surface area contributed by atoms with Gasteiger partial charge in [0.1, 0.15) is 0 Å². The second-order valence-electron chi connectivity index (χ2n) is 3.37. The molecule has 1 fully saturated rings. The number of amides is 1. The van der Waals surface area contributed by atoms with Gasteiger partial charge < -0.3 is 4.90 Å². The Labute approximate surface area is 76.1 Å². The second-order valence-corrected chi connectivity index (χ2v) is 3.93. The minimum Gasteiger partial charge on any atom is -0.339 e. The Balaban J connectivity index is 2.52. The van der Waals surface area contributed by atoms with E-state index in [0.29, 0.717) is 17.3 Å². The highest BCUT2D eigenvalue weighted by molar-refractivity contribution is 9.09. The van der Waals surface area contributed by atoms with Crippen molar-refractivity contribution >= 4 is 21.8 Å². The first-order valence-electron chi connectivity index (χ1n) is 4.00. The van der Waals surface area contributed by atoms with E-state index in [1.165, 1.54) is 0 Å². The van der Waals surface area contributed by atoms with E-state index in [4.69, 9.17) is 0 Å². The molecule has 0 aromatic heterocycles. The number of halogens is 1. The smallest absolute Gasteiger partial charge is 0.233 e. The molecule has 0 aromatic rings. The van der Waals surface area contributed by atoms with Gasteiger partial charge in [0.25, 0.3) is 0 Å². The normalized spacial score (nSPS) is 31.0. The molecule has 0 N–H and O–H groups in total. The lowest BCUT2D eigenvalue weighted by Gasteiger charge is -2.19. The summed E-state index contributed by atoms with van der Waals surface area (Å²) in [5.41, 5.74) is 0. The highest BCUT2D eigenvalue weighted by Crippen LogP contribution is 2.22. The second kappa shape index (κ2) is 3.57. The van der Waals surface area contributed by atoms with Crippen molar-refractivity contribution in [1.29, 1.82) is 0 Å². The van der Waals surface area contributed by atoms with Gasteiger partial charge >= 0.3 is 0 Å². The number of carbonyl (C=O) groups excluding carboxylic acids is 1. The summed E-state index contributed by atoms with van der Waals surface area (Å²) in [6.45, 7) is 5.24. The molecule has 64 valence electrons. The lowest BCUT2D eigenvalue weighted by atomic mass is 10.1. The number of nitrogens with zero attached hydrogens (tertiary/aromatic N) is 1. The summed E-state index contributed by atoms with van der Waals surface area (Å²) in [7, 11) is 0. The zero-order valence-electron chi connectivity index (χ0n) is 7.01. The number of hydrogen-bond acceptors (Lipinski definition) is 1. The van der Waals surface area contributed by atoms with Crippen LogP contribution < -0.4 is 0 Å². The Morgan fingerprint density at radius 3 is 2.64 bits per heavy atom. The lowest BCUT2D eigenvalue weighted by molar-refractivity contribution is -0.128. The minimum absolute atomic E-state index is 0.224. The summed E-state index contributed by atoms with van der Waals surface area (Å²) in [4.78, 5) is 13.2. The van der Waals surface area contributed by atoms with Crippen molar-refractivity contribution < 1.29 is 4.79 Å². The number of carbonyl (C=O) groups is 1. The Bertz CT molecular complexity index is 160. The van der Waals surface area contributed by atoms with E-state index >= 15 is 0 Å². The topological polar surface area (TPSA) is 20.3 Å². The summed E-state index contributed by atoms with van der Waals surface area (Å²) in [5, 5.41) is 0.462. The fraction of sp³-hybridized carbons (Fsp3) is 0.875. The van der Waals surface area contributed by atoms with E-state index in [1.807, 2.05) is 4.90 Å². The quantitative estimate of drug-likeness (QED) is 0.615. The zero-order valence-corrected chi connectivity index (χ0v) is 8.60. The van der Waals surface area contributed by atoms with Crippen LogP contribution in [0.3, 0.4) is 0 Å². The highest BCUT2D eigenvalue weighted by Gasteiger charge is 2.28. The molecule has 0 spiro atoms. The highest BCUT2D eigenvalue weighted by atomic mass is 79.9. The van der Waals surface area contributed by atoms with Crippen molar-refractivity contribution in [3.63, 3.8) is 0 Å². The van der Waals surface area contributed by atoms with E-state index in [1.54, 1.807) is 0 Å². The third-order valence-electron chi connectivity index (χ3n) is 2.22. The average molecular weight is 220 g/mol. The fourth-order valence-electron chi connectivity index (χ4n) is 1.72. The van der Waals surface area contributed by atoms with Gasteiger partial charge in [0.2, 0.25) is 5.91 Å². The van der Waals surface area contributed by atoms with Gasteiger partial charge in [0.15, 0.2) is 0 Å². The summed E-state index contributed by atoms with van der Waals surface area (Å²) >= 11 is 3.18. The molecule has 2 unspecified atom stereocenters. The molecule has 2 atom stereocenters. The molecule has 1 amide bonds. The molecule has 1 rings (SSSR count). The van der Waals surface area contributed by atoms with Gasteiger partial charge in [-0.3, -0.25) is 4.79 Å². The molecule has 0 bridgehead atoms. The maximum Gasteiger partial charge on any atom is 0.233 e. The van der Waals surface area contributed by atoms with Gasteiger partial charge in [-0.25, -0.2) is 0 Å². The fourth-order valence-corrected chi connectivity index (χ4v) is 2.05. The summed E-state index contributed by atoms with van der Waals surface area (Å²) in [6, 6.07) is 0.440. The third kappa shape index (κ3) is 1.95. The van der Waals surface area contributed by atoms with E-state index in [9.17, 15) is 4.79 Å². The molecule has 1 saturated heterocycles. The van der Waals surface area contributed by atoms with Crippen LogP contribution in [0.25, 0.3) is 0 Å². The van der Waals surface area contributed by atoms with Gasteiger partial charge in [-0.2, -0.15) is 0 Å². The van der Waals surface area contributed by atoms with Crippen LogP contribution in [0.2, 0.25) is 0 Å². The molecule has 0 aliphatic carbocycles. The van der Waals surface area contributed by atoms with Crippen molar-refractivity contribution in [3.8, 4) is 0 Å². The summed E-state index contributed by atoms with van der Waals surface area (Å²) in [6.07, 6.45) is 1.15. The van der Waals surface area contributed by atoms with E-state index in [-0.39, 0.29) is 5.91 Å². The SMILES string of the molecule is CC1CC(C)N(C(=O)CBr)C1. The molecular formula is C8H14BrNO. The predicted octanol–water partition coefficient (Wildman–Crippen LogP) is 1.64. The van der Waals surface area contributed by atoms with Crippen molar-refractivity contribution in [3.05, 3.63) is 0 Å². The maximum absolute atomic E-state index is 11.2. The van der Waals surface area contributed by atoms with Gasteiger partial charge in [0, 0.05) is 12.6 Å². The van der Waals surface area contributed by atoms with Crippen molar-refractivity contribution in [2.75, 3.05) is 11.9 Å². The van der Waals surface area contributed by atoms with Crippen molar-refractivity contribution in [2.24, 2.45) is 5.92 Å². The van der Waals surface area contributed by atoms with Crippen LogP contribution in [-0.4, -0.2) is 28.7 Å². The third-order valence-corrected chi connectivity index (χ3v) is 2.70. The molecule has 1 aliphatic rings. The Morgan fingerprint density at radius 1 is 1.64 bits per heavy atom. The van der Waals surface area contributed by atoms with Gasteiger partial charge in [-0.15, -0.1) is 0 Å². The lowest BCUT2D eigenvalue weighted by Crippen LogP contribution is -2.34. The Morgan fingerprint density at radius 2 is 2.27 bits per heavy atom. The minimum atomic E-state index is 0.224. The van der Waals surface area contributed by atoms with Crippen molar-refractivity contribution in [1.82, 2.24) is 4.90 Å². The van der Waals surface area contributed by atoms with Crippen LogP contribution in [0.1, 0.15) is 20.3 Å². The van der Waals surface area contributed by atoms with E-state index in [0.717, 1.165) is 13.0 Å². The van der Waals surface area contributed by atoms with Gasteiger partial charge in [-0.1, -0.05) is 22.9 Å². The zero-order chi connectivity index (χ0) is 8.43. The Hall–Kier alpha value is -0.0500. The Kier molecular flexibility index (Phi) is 2.93. The summed E-state index contributed by atoms with van der Waals surface area (Å²) in [5.74, 6) is 0.898. The molecule has 11 heavy (non-hydrogen) atoms. The largest absolute Gasteiger partial charge is 0.339 e. The molecule has 3 heteroatoms. The molecule has 0 saturated carbocycles. The van der Waals surface area contributed by atoms with Gasteiger partial charge in [0.05, 0.1) is 5.33 Å². The first kappa shape index (κ1) is 9.04. The monoisotopic (exact) mass is 219 g/mol. The number of alkyl halides is 1. The molecule has 1 heterocycles. The molecule has 0 radical (unpaired) electrons. The predicted molar refractivity (Wildman–Crippen MR) is 48.8 cm³/mol. The summed E-state index contributed by atoms with van der Waals surface area (Å²) < 4.78 is 0. The van der Waals surface area contributed by atoms with Crippen LogP contribution in [-0.2, 0) is 4.79 Å². The average Bonchev–Trinajstić information content (AvgIpc) is 2.28. The van der Waals surface area contributed by atoms with Crippen LogP contribution in [0, 0.1) is 5.92 Å².